The zero-order chi connectivity index (χ0) is 15.8. The van der Waals surface area contributed by atoms with Crippen molar-refractivity contribution in [2.75, 3.05) is 7.11 Å². The zero-order valence-electron chi connectivity index (χ0n) is 12.3. The fourth-order valence-electron chi connectivity index (χ4n) is 3.02. The lowest BCUT2D eigenvalue weighted by molar-refractivity contribution is 0.0697. The molecule has 2 unspecified atom stereocenters. The molecule has 0 amide bonds. The Morgan fingerprint density at radius 1 is 1.23 bits per heavy atom. The van der Waals surface area contributed by atoms with Crippen LogP contribution in [0, 0.1) is 0 Å². The average molecular weight is 405 g/mol. The molecule has 4 nitrogen and oxygen atoms in total. The maximum absolute atomic E-state index is 13.1. The number of halogens is 1. The van der Waals surface area contributed by atoms with Gasteiger partial charge in [-0.25, -0.2) is 4.21 Å². The molecule has 1 aromatic carbocycles. The molecule has 1 aromatic rings. The standard InChI is InChI=1S/C15H18BrO4PS/c1-19-21(17)14(22(18)12-8-4-2-5-9-12)13(16)15(20-21)10-6-3-7-11-15/h2,4-5,8-9H,3,6-7,10-11H2,1H3. The Balaban J connectivity index is 2.08. The molecule has 1 aliphatic heterocycles. The molecule has 2 aliphatic rings. The highest BCUT2D eigenvalue weighted by Gasteiger charge is 2.55. The molecular weight excluding hydrogens is 387 g/mol. The van der Waals surface area contributed by atoms with Gasteiger partial charge < -0.3 is 4.52 Å². The number of hydrogen-bond acceptors (Lipinski definition) is 4. The maximum Gasteiger partial charge on any atom is 0.372 e. The summed E-state index contributed by atoms with van der Waals surface area (Å²) >= 11 is 3.55. The topological polar surface area (TPSA) is 52.6 Å². The summed E-state index contributed by atoms with van der Waals surface area (Å²) < 4.78 is 38.1. The van der Waals surface area contributed by atoms with Crippen molar-refractivity contribution in [3.05, 3.63) is 39.5 Å². The van der Waals surface area contributed by atoms with E-state index in [1.807, 2.05) is 18.2 Å². The minimum absolute atomic E-state index is 0.267. The highest BCUT2D eigenvalue weighted by molar-refractivity contribution is 9.12. The van der Waals surface area contributed by atoms with Crippen LogP contribution in [-0.2, 0) is 24.4 Å². The van der Waals surface area contributed by atoms with Crippen LogP contribution in [0.5, 0.6) is 0 Å². The summed E-state index contributed by atoms with van der Waals surface area (Å²) in [4.78, 5) is 0.600. The summed E-state index contributed by atoms with van der Waals surface area (Å²) in [5.41, 5.74) is -0.635. The Hall–Kier alpha value is -0.260. The van der Waals surface area contributed by atoms with Crippen LogP contribution in [0.15, 0.2) is 44.4 Å². The Labute approximate surface area is 141 Å². The van der Waals surface area contributed by atoms with Crippen LogP contribution in [0.1, 0.15) is 32.1 Å². The van der Waals surface area contributed by atoms with Gasteiger partial charge in [0.2, 0.25) is 0 Å². The van der Waals surface area contributed by atoms with Gasteiger partial charge in [-0.3, -0.25) is 9.09 Å². The van der Waals surface area contributed by atoms with Crippen molar-refractivity contribution >= 4 is 34.3 Å². The van der Waals surface area contributed by atoms with E-state index in [-0.39, 0.29) is 4.65 Å². The Kier molecular flexibility index (Phi) is 4.77. The van der Waals surface area contributed by atoms with Gasteiger partial charge in [0.15, 0.2) is 0 Å². The third-order valence-corrected chi connectivity index (χ3v) is 10.1. The van der Waals surface area contributed by atoms with E-state index in [0.29, 0.717) is 9.38 Å². The van der Waals surface area contributed by atoms with Gasteiger partial charge >= 0.3 is 7.60 Å². The largest absolute Gasteiger partial charge is 0.372 e. The third kappa shape index (κ3) is 2.69. The molecule has 0 radical (unpaired) electrons. The van der Waals surface area contributed by atoms with Crippen molar-refractivity contribution in [2.24, 2.45) is 0 Å². The van der Waals surface area contributed by atoms with E-state index in [1.54, 1.807) is 12.1 Å². The van der Waals surface area contributed by atoms with Crippen LogP contribution in [0.2, 0.25) is 0 Å². The monoisotopic (exact) mass is 404 g/mol. The van der Waals surface area contributed by atoms with Crippen LogP contribution in [0.3, 0.4) is 0 Å². The molecule has 22 heavy (non-hydrogen) atoms. The lowest BCUT2D eigenvalue weighted by Crippen LogP contribution is -2.31. The molecule has 120 valence electrons. The van der Waals surface area contributed by atoms with Crippen molar-refractivity contribution in [1.82, 2.24) is 0 Å². The van der Waals surface area contributed by atoms with Crippen LogP contribution in [-0.4, -0.2) is 16.9 Å². The number of hydrogen-bond donors (Lipinski definition) is 0. The van der Waals surface area contributed by atoms with E-state index in [2.05, 4.69) is 15.9 Å². The van der Waals surface area contributed by atoms with Crippen molar-refractivity contribution in [3.63, 3.8) is 0 Å². The van der Waals surface area contributed by atoms with Gasteiger partial charge in [-0.1, -0.05) is 53.4 Å². The lowest BCUT2D eigenvalue weighted by atomic mass is 9.85. The molecular formula is C15H18BrO4PS. The molecule has 2 atom stereocenters. The van der Waals surface area contributed by atoms with E-state index in [0.717, 1.165) is 32.1 Å². The second-order valence-corrected chi connectivity index (χ2v) is 10.0. The van der Waals surface area contributed by atoms with Gasteiger partial charge in [0.25, 0.3) is 0 Å². The first kappa shape index (κ1) is 16.6. The average Bonchev–Trinajstić information content (AvgIpc) is 2.76. The van der Waals surface area contributed by atoms with Gasteiger partial charge in [-0.2, -0.15) is 0 Å². The SMILES string of the molecule is COP1(=O)OC2(CCCCC2)C(Br)=C1S(=O)c1ccccc1. The van der Waals surface area contributed by atoms with Crippen LogP contribution in [0.25, 0.3) is 0 Å². The summed E-state index contributed by atoms with van der Waals surface area (Å²) in [6.45, 7) is 0. The van der Waals surface area contributed by atoms with E-state index in [9.17, 15) is 8.77 Å². The molecule has 1 spiro atoms. The van der Waals surface area contributed by atoms with E-state index in [1.165, 1.54) is 7.11 Å². The molecule has 0 N–H and O–H groups in total. The molecule has 0 saturated heterocycles. The summed E-state index contributed by atoms with van der Waals surface area (Å²) in [6.07, 6.45) is 4.70. The van der Waals surface area contributed by atoms with Crippen LogP contribution >= 0.6 is 23.5 Å². The smallest absolute Gasteiger partial charge is 0.308 e. The number of rotatable bonds is 3. The third-order valence-electron chi connectivity index (χ3n) is 4.17. The highest BCUT2D eigenvalue weighted by Crippen LogP contribution is 2.71. The number of benzene rings is 1. The summed E-state index contributed by atoms with van der Waals surface area (Å²) in [5, 5.41) is 0. The lowest BCUT2D eigenvalue weighted by Gasteiger charge is -2.33. The van der Waals surface area contributed by atoms with Gasteiger partial charge in [-0.05, 0) is 25.0 Å². The van der Waals surface area contributed by atoms with Crippen molar-refractivity contribution in [3.8, 4) is 0 Å². The molecule has 1 aliphatic carbocycles. The van der Waals surface area contributed by atoms with Gasteiger partial charge in [0, 0.05) is 12.0 Å². The molecule has 7 heteroatoms. The molecule has 0 bridgehead atoms. The minimum atomic E-state index is -3.54. The Morgan fingerprint density at radius 3 is 2.45 bits per heavy atom. The fourth-order valence-corrected chi connectivity index (χ4v) is 8.66. The summed E-state index contributed by atoms with van der Waals surface area (Å²) in [6, 6.07) is 9.00. The second-order valence-electron chi connectivity index (χ2n) is 5.53. The molecule has 1 saturated carbocycles. The highest BCUT2D eigenvalue weighted by atomic mass is 79.9. The van der Waals surface area contributed by atoms with E-state index in [4.69, 9.17) is 9.05 Å². The minimum Gasteiger partial charge on any atom is -0.308 e. The normalized spacial score (nSPS) is 29.0. The van der Waals surface area contributed by atoms with E-state index >= 15 is 0 Å². The van der Waals surface area contributed by atoms with Crippen molar-refractivity contribution in [1.29, 1.82) is 0 Å². The van der Waals surface area contributed by atoms with E-state index < -0.39 is 24.0 Å². The quantitative estimate of drug-likeness (QED) is 0.670. The van der Waals surface area contributed by atoms with Crippen LogP contribution in [0.4, 0.5) is 0 Å². The van der Waals surface area contributed by atoms with Gasteiger partial charge in [-0.15, -0.1) is 0 Å². The predicted octanol–water partition coefficient (Wildman–Crippen LogP) is 4.93. The van der Waals surface area contributed by atoms with Gasteiger partial charge in [0.05, 0.1) is 15.3 Å². The zero-order valence-corrected chi connectivity index (χ0v) is 15.6. The Morgan fingerprint density at radius 2 is 1.86 bits per heavy atom. The molecule has 1 heterocycles. The summed E-state index contributed by atoms with van der Waals surface area (Å²) in [7, 11) is -3.75. The molecule has 0 aromatic heterocycles. The Bertz CT molecular complexity index is 667. The van der Waals surface area contributed by atoms with Crippen LogP contribution < -0.4 is 0 Å². The maximum atomic E-state index is 13.1. The fraction of sp³-hybridized carbons (Fsp3) is 0.467. The second kappa shape index (κ2) is 6.33. The van der Waals surface area contributed by atoms with Crippen molar-refractivity contribution < 1.29 is 17.8 Å². The molecule has 1 fully saturated rings. The van der Waals surface area contributed by atoms with Gasteiger partial charge in [0.1, 0.15) is 10.2 Å². The first-order chi connectivity index (χ1) is 10.5. The predicted molar refractivity (Wildman–Crippen MR) is 90.3 cm³/mol. The molecule has 3 rings (SSSR count). The van der Waals surface area contributed by atoms with Crippen molar-refractivity contribution in [2.45, 2.75) is 42.6 Å². The first-order valence-electron chi connectivity index (χ1n) is 7.27. The summed E-state index contributed by atoms with van der Waals surface area (Å²) in [5.74, 6) is 0. The first-order valence-corrected chi connectivity index (χ1v) is 10.8.